The molecule has 2 saturated carbocycles. The molecule has 2 nitrogen and oxygen atoms in total. The van der Waals surface area contributed by atoms with Gasteiger partial charge < -0.3 is 10.2 Å². The number of nitrogens with one attached hydrogen (secondary N) is 1. The van der Waals surface area contributed by atoms with Gasteiger partial charge in [0.05, 0.1) is 5.69 Å². The molecule has 0 unspecified atom stereocenters. The first-order chi connectivity index (χ1) is 10.3. The minimum atomic E-state index is 0.732. The largest absolute Gasteiger partial charge is 0.368 e. The Hall–Kier alpha value is -0.540. The fourth-order valence-corrected chi connectivity index (χ4v) is 4.11. The van der Waals surface area contributed by atoms with E-state index in [2.05, 4.69) is 51.3 Å². The van der Waals surface area contributed by atoms with Crippen LogP contribution in [0.2, 0.25) is 0 Å². The van der Waals surface area contributed by atoms with E-state index in [-0.39, 0.29) is 0 Å². The number of halogens is 1. The molecule has 1 aromatic carbocycles. The van der Waals surface area contributed by atoms with Crippen LogP contribution >= 0.6 is 15.9 Å². The maximum absolute atomic E-state index is 3.81. The normalized spacial score (nSPS) is 19.7. The summed E-state index contributed by atoms with van der Waals surface area (Å²) in [5, 5.41) is 3.59. The van der Waals surface area contributed by atoms with Crippen molar-refractivity contribution in [1.29, 1.82) is 0 Å². The van der Waals surface area contributed by atoms with Crippen molar-refractivity contribution in [1.82, 2.24) is 5.32 Å². The third kappa shape index (κ3) is 4.01. The van der Waals surface area contributed by atoms with E-state index in [1.807, 2.05) is 0 Å². The molecule has 0 spiro atoms. The summed E-state index contributed by atoms with van der Waals surface area (Å²) in [5.41, 5.74) is 2.76. The lowest BCUT2D eigenvalue weighted by molar-refractivity contribution is 0.418. The Labute approximate surface area is 137 Å². The minimum Gasteiger partial charge on any atom is -0.368 e. The zero-order valence-corrected chi connectivity index (χ0v) is 14.7. The molecule has 0 aromatic heterocycles. The van der Waals surface area contributed by atoms with Gasteiger partial charge in [0.15, 0.2) is 0 Å². The first kappa shape index (κ1) is 15.4. The molecular weight excluding hydrogens is 324 g/mol. The molecule has 0 saturated heterocycles. The Balaban J connectivity index is 1.69. The Bertz CT molecular complexity index is 464. The van der Waals surface area contributed by atoms with Crippen LogP contribution in [0.25, 0.3) is 0 Å². The Morgan fingerprint density at radius 3 is 2.52 bits per heavy atom. The Morgan fingerprint density at radius 1 is 1.14 bits per heavy atom. The molecule has 2 aliphatic carbocycles. The standard InChI is InChI=1S/C18H27BrN2/c1-2-21(16-6-4-3-5-7-16)18-11-8-14(12-17(18)19)13-20-15-9-10-15/h8,11-12,15-16,20H,2-7,9-10,13H2,1H3. The van der Waals surface area contributed by atoms with E-state index in [1.54, 1.807) is 0 Å². The Morgan fingerprint density at radius 2 is 1.90 bits per heavy atom. The van der Waals surface area contributed by atoms with Gasteiger partial charge in [0, 0.05) is 29.6 Å². The SMILES string of the molecule is CCN(c1ccc(CNC2CC2)cc1Br)C1CCCCC1. The second kappa shape index (κ2) is 7.15. The Kier molecular flexibility index (Phi) is 5.23. The summed E-state index contributed by atoms with van der Waals surface area (Å²) in [6.07, 6.45) is 9.61. The predicted molar refractivity (Wildman–Crippen MR) is 93.9 cm³/mol. The van der Waals surface area contributed by atoms with E-state index >= 15 is 0 Å². The highest BCUT2D eigenvalue weighted by atomic mass is 79.9. The summed E-state index contributed by atoms with van der Waals surface area (Å²) in [6.45, 7) is 4.38. The van der Waals surface area contributed by atoms with Crippen molar-refractivity contribution in [2.24, 2.45) is 0 Å². The van der Waals surface area contributed by atoms with E-state index in [0.717, 1.165) is 25.2 Å². The van der Waals surface area contributed by atoms with Crippen molar-refractivity contribution in [3.8, 4) is 0 Å². The van der Waals surface area contributed by atoms with Crippen LogP contribution < -0.4 is 10.2 Å². The number of hydrogen-bond acceptors (Lipinski definition) is 2. The highest BCUT2D eigenvalue weighted by Gasteiger charge is 2.22. The van der Waals surface area contributed by atoms with Gasteiger partial charge in [-0.3, -0.25) is 0 Å². The molecule has 3 rings (SSSR count). The zero-order chi connectivity index (χ0) is 14.7. The van der Waals surface area contributed by atoms with E-state index in [0.29, 0.717) is 0 Å². The summed E-state index contributed by atoms with van der Waals surface area (Å²) in [6, 6.07) is 8.41. The lowest BCUT2D eigenvalue weighted by atomic mass is 9.93. The molecule has 2 fully saturated rings. The molecule has 0 bridgehead atoms. The maximum Gasteiger partial charge on any atom is 0.0513 e. The van der Waals surface area contributed by atoms with E-state index in [9.17, 15) is 0 Å². The summed E-state index contributed by atoms with van der Waals surface area (Å²) in [5.74, 6) is 0. The van der Waals surface area contributed by atoms with Gasteiger partial charge in [-0.25, -0.2) is 0 Å². The van der Waals surface area contributed by atoms with Gasteiger partial charge in [-0.05, 0) is 66.2 Å². The van der Waals surface area contributed by atoms with Crippen molar-refractivity contribution in [2.75, 3.05) is 11.4 Å². The van der Waals surface area contributed by atoms with Gasteiger partial charge in [-0.15, -0.1) is 0 Å². The molecule has 0 atom stereocenters. The number of benzene rings is 1. The average molecular weight is 351 g/mol. The predicted octanol–water partition coefficient (Wildman–Crippen LogP) is 4.86. The number of nitrogens with zero attached hydrogens (tertiary/aromatic N) is 1. The summed E-state index contributed by atoms with van der Waals surface area (Å²) >= 11 is 3.81. The molecule has 0 radical (unpaired) electrons. The third-order valence-corrected chi connectivity index (χ3v) is 5.49. The smallest absolute Gasteiger partial charge is 0.0513 e. The molecule has 1 aromatic rings. The van der Waals surface area contributed by atoms with Crippen molar-refractivity contribution >= 4 is 21.6 Å². The van der Waals surface area contributed by atoms with Crippen LogP contribution in [0.5, 0.6) is 0 Å². The van der Waals surface area contributed by atoms with Gasteiger partial charge >= 0.3 is 0 Å². The first-order valence-electron chi connectivity index (χ1n) is 8.56. The number of rotatable bonds is 6. The molecular formula is C18H27BrN2. The maximum atomic E-state index is 3.81. The fourth-order valence-electron chi connectivity index (χ4n) is 3.46. The third-order valence-electron chi connectivity index (χ3n) is 4.85. The van der Waals surface area contributed by atoms with Crippen LogP contribution in [-0.2, 0) is 6.54 Å². The van der Waals surface area contributed by atoms with Gasteiger partial charge in [-0.1, -0.05) is 25.3 Å². The van der Waals surface area contributed by atoms with Gasteiger partial charge in [0.2, 0.25) is 0 Å². The second-order valence-corrected chi connectivity index (χ2v) is 7.37. The fraction of sp³-hybridized carbons (Fsp3) is 0.667. The average Bonchev–Trinajstić information content (AvgIpc) is 3.33. The lowest BCUT2D eigenvalue weighted by Gasteiger charge is -2.36. The molecule has 0 heterocycles. The van der Waals surface area contributed by atoms with E-state index in [4.69, 9.17) is 0 Å². The van der Waals surface area contributed by atoms with Crippen LogP contribution in [0.4, 0.5) is 5.69 Å². The van der Waals surface area contributed by atoms with Crippen LogP contribution in [0.1, 0.15) is 57.4 Å². The van der Waals surface area contributed by atoms with Gasteiger partial charge in [0.1, 0.15) is 0 Å². The van der Waals surface area contributed by atoms with Gasteiger partial charge in [-0.2, -0.15) is 0 Å². The molecule has 2 aliphatic rings. The first-order valence-corrected chi connectivity index (χ1v) is 9.35. The molecule has 21 heavy (non-hydrogen) atoms. The zero-order valence-electron chi connectivity index (χ0n) is 13.1. The summed E-state index contributed by atoms with van der Waals surface area (Å²) in [4.78, 5) is 2.60. The van der Waals surface area contributed by atoms with Crippen molar-refractivity contribution in [3.63, 3.8) is 0 Å². The highest BCUT2D eigenvalue weighted by Crippen LogP contribution is 2.33. The number of anilines is 1. The van der Waals surface area contributed by atoms with Crippen molar-refractivity contribution < 1.29 is 0 Å². The molecule has 1 N–H and O–H groups in total. The van der Waals surface area contributed by atoms with Crippen LogP contribution in [0.15, 0.2) is 22.7 Å². The quantitative estimate of drug-likeness (QED) is 0.787. The van der Waals surface area contributed by atoms with Crippen molar-refractivity contribution in [2.45, 2.75) is 70.5 Å². The van der Waals surface area contributed by atoms with Crippen LogP contribution in [0.3, 0.4) is 0 Å². The minimum absolute atomic E-state index is 0.732. The monoisotopic (exact) mass is 350 g/mol. The molecule has 3 heteroatoms. The van der Waals surface area contributed by atoms with Crippen LogP contribution in [0, 0.1) is 0 Å². The second-order valence-electron chi connectivity index (χ2n) is 6.52. The summed E-state index contributed by atoms with van der Waals surface area (Å²) in [7, 11) is 0. The van der Waals surface area contributed by atoms with Crippen LogP contribution in [-0.4, -0.2) is 18.6 Å². The van der Waals surface area contributed by atoms with Gasteiger partial charge in [0.25, 0.3) is 0 Å². The van der Waals surface area contributed by atoms with E-state index < -0.39 is 0 Å². The molecule has 0 aliphatic heterocycles. The van der Waals surface area contributed by atoms with E-state index in [1.165, 1.54) is 60.7 Å². The molecule has 0 amide bonds. The highest BCUT2D eigenvalue weighted by molar-refractivity contribution is 9.10. The van der Waals surface area contributed by atoms with Crippen molar-refractivity contribution in [3.05, 3.63) is 28.2 Å². The lowest BCUT2D eigenvalue weighted by Crippen LogP contribution is -2.36. The topological polar surface area (TPSA) is 15.3 Å². The molecule has 116 valence electrons. The summed E-state index contributed by atoms with van der Waals surface area (Å²) < 4.78 is 1.25. The number of hydrogen-bond donors (Lipinski definition) is 1.